The van der Waals surface area contributed by atoms with Gasteiger partial charge in [-0.25, -0.2) is 4.98 Å². The summed E-state index contributed by atoms with van der Waals surface area (Å²) in [6.07, 6.45) is 2.45. The summed E-state index contributed by atoms with van der Waals surface area (Å²) in [7, 11) is 0. The number of nitrogens with zero attached hydrogens (tertiary/aromatic N) is 3. The van der Waals surface area contributed by atoms with E-state index in [9.17, 15) is 10.1 Å². The third-order valence-electron chi connectivity index (χ3n) is 4.67. The van der Waals surface area contributed by atoms with Gasteiger partial charge >= 0.3 is 0 Å². The Bertz CT molecular complexity index is 769. The van der Waals surface area contributed by atoms with Gasteiger partial charge in [0.05, 0.1) is 23.3 Å². The highest BCUT2D eigenvalue weighted by Crippen LogP contribution is 2.36. The topological polar surface area (TPSA) is 70.2 Å². The molecule has 2 heterocycles. The van der Waals surface area contributed by atoms with Crippen LogP contribution in [-0.4, -0.2) is 27.2 Å². The molecule has 0 spiro atoms. The molecule has 0 amide bonds. The van der Waals surface area contributed by atoms with Crippen LogP contribution < -0.4 is 0 Å². The molecule has 2 aromatic rings. The number of aryl methyl sites for hydroxylation is 1. The van der Waals surface area contributed by atoms with Gasteiger partial charge in [0.2, 0.25) is 0 Å². The lowest BCUT2D eigenvalue weighted by molar-refractivity contribution is -0.384. The molecule has 1 aromatic heterocycles. The van der Waals surface area contributed by atoms with Crippen molar-refractivity contribution < 1.29 is 9.66 Å². The van der Waals surface area contributed by atoms with Crippen molar-refractivity contribution in [3.8, 4) is 0 Å². The van der Waals surface area contributed by atoms with Crippen molar-refractivity contribution in [3.63, 3.8) is 0 Å². The number of hydrogen-bond acceptors (Lipinski definition) is 5. The lowest BCUT2D eigenvalue weighted by atomic mass is 10.1. The molecule has 0 radical (unpaired) electrons. The van der Waals surface area contributed by atoms with Crippen LogP contribution in [0, 0.1) is 24.0 Å². The second kappa shape index (κ2) is 7.58. The summed E-state index contributed by atoms with van der Waals surface area (Å²) in [5, 5.41) is 12.0. The number of hydrogen-bond donors (Lipinski definition) is 0. The minimum absolute atomic E-state index is 0.0735. The third-order valence-corrected chi connectivity index (χ3v) is 5.81. The molecule has 6 nitrogen and oxygen atoms in total. The monoisotopic (exact) mass is 361 g/mol. The number of thioether (sulfide) groups is 1. The normalized spacial score (nSPS) is 18.4. The van der Waals surface area contributed by atoms with Gasteiger partial charge in [0.25, 0.3) is 5.69 Å². The summed E-state index contributed by atoms with van der Waals surface area (Å²) in [5.41, 5.74) is 3.23. The Labute approximate surface area is 151 Å². The third kappa shape index (κ3) is 4.04. The SMILES string of the molecule is Cc1nc(SC(C)c2cccc([N+](=O)[O-])c2)n(CC2CCCO2)c1C. The number of nitro benzene ring substituents is 1. The van der Waals surface area contributed by atoms with E-state index in [1.165, 1.54) is 6.07 Å². The zero-order valence-electron chi connectivity index (χ0n) is 14.8. The Hall–Kier alpha value is -1.86. The van der Waals surface area contributed by atoms with E-state index >= 15 is 0 Å². The minimum atomic E-state index is -0.354. The van der Waals surface area contributed by atoms with Crippen molar-refractivity contribution in [2.24, 2.45) is 0 Å². The van der Waals surface area contributed by atoms with Crippen LogP contribution in [0.2, 0.25) is 0 Å². The summed E-state index contributed by atoms with van der Waals surface area (Å²) >= 11 is 1.64. The summed E-state index contributed by atoms with van der Waals surface area (Å²) < 4.78 is 8.00. The molecule has 1 fully saturated rings. The molecule has 0 aliphatic carbocycles. The van der Waals surface area contributed by atoms with Crippen molar-refractivity contribution in [1.82, 2.24) is 9.55 Å². The minimum Gasteiger partial charge on any atom is -0.376 e. The van der Waals surface area contributed by atoms with Gasteiger partial charge in [-0.2, -0.15) is 0 Å². The number of non-ortho nitro benzene ring substituents is 1. The van der Waals surface area contributed by atoms with Crippen molar-refractivity contribution >= 4 is 17.4 Å². The first-order valence-corrected chi connectivity index (χ1v) is 9.40. The number of rotatable bonds is 6. The fourth-order valence-corrected chi connectivity index (χ4v) is 4.17. The summed E-state index contributed by atoms with van der Waals surface area (Å²) in [6.45, 7) is 7.81. The molecule has 3 rings (SSSR count). The van der Waals surface area contributed by atoms with Crippen LogP contribution in [0.1, 0.15) is 42.0 Å². The molecule has 134 valence electrons. The number of ether oxygens (including phenoxy) is 1. The van der Waals surface area contributed by atoms with E-state index in [2.05, 4.69) is 18.4 Å². The highest BCUT2D eigenvalue weighted by molar-refractivity contribution is 7.99. The molecule has 1 saturated heterocycles. The maximum Gasteiger partial charge on any atom is 0.269 e. The molecule has 1 aliphatic rings. The zero-order chi connectivity index (χ0) is 18.0. The number of benzene rings is 1. The molecule has 1 aromatic carbocycles. The van der Waals surface area contributed by atoms with Crippen LogP contribution >= 0.6 is 11.8 Å². The van der Waals surface area contributed by atoms with Gasteiger partial charge in [-0.15, -0.1) is 0 Å². The molecule has 25 heavy (non-hydrogen) atoms. The number of imidazole rings is 1. The molecule has 0 saturated carbocycles. The van der Waals surface area contributed by atoms with Crippen LogP contribution in [0.15, 0.2) is 29.4 Å². The fourth-order valence-electron chi connectivity index (χ4n) is 3.04. The van der Waals surface area contributed by atoms with Gasteiger partial charge in [-0.3, -0.25) is 10.1 Å². The summed E-state index contributed by atoms with van der Waals surface area (Å²) in [4.78, 5) is 15.4. The van der Waals surface area contributed by atoms with Gasteiger partial charge in [-0.1, -0.05) is 23.9 Å². The Morgan fingerprint density at radius 3 is 2.96 bits per heavy atom. The molecule has 7 heteroatoms. The van der Waals surface area contributed by atoms with Crippen molar-refractivity contribution in [1.29, 1.82) is 0 Å². The molecule has 0 N–H and O–H groups in total. The Kier molecular flexibility index (Phi) is 5.44. The van der Waals surface area contributed by atoms with E-state index in [-0.39, 0.29) is 22.0 Å². The molecule has 0 bridgehead atoms. The van der Waals surface area contributed by atoms with E-state index in [0.29, 0.717) is 0 Å². The maximum atomic E-state index is 11.0. The van der Waals surface area contributed by atoms with Crippen LogP contribution in [0.5, 0.6) is 0 Å². The van der Waals surface area contributed by atoms with Gasteiger partial charge in [0.1, 0.15) is 0 Å². The van der Waals surface area contributed by atoms with Gasteiger partial charge < -0.3 is 9.30 Å². The van der Waals surface area contributed by atoms with Gasteiger partial charge in [-0.05, 0) is 39.2 Å². The number of aromatic nitrogens is 2. The number of nitro groups is 1. The lowest BCUT2D eigenvalue weighted by Crippen LogP contribution is -2.16. The summed E-state index contributed by atoms with van der Waals surface area (Å²) in [6, 6.07) is 6.83. The Balaban J connectivity index is 1.81. The van der Waals surface area contributed by atoms with E-state index in [0.717, 1.165) is 48.1 Å². The van der Waals surface area contributed by atoms with E-state index in [4.69, 9.17) is 9.72 Å². The largest absolute Gasteiger partial charge is 0.376 e. The highest BCUT2D eigenvalue weighted by Gasteiger charge is 2.22. The lowest BCUT2D eigenvalue weighted by Gasteiger charge is -2.17. The highest BCUT2D eigenvalue weighted by atomic mass is 32.2. The second-order valence-corrected chi connectivity index (χ2v) is 7.73. The van der Waals surface area contributed by atoms with E-state index in [1.807, 2.05) is 13.0 Å². The molecule has 1 aliphatic heterocycles. The van der Waals surface area contributed by atoms with Crippen LogP contribution in [0.4, 0.5) is 5.69 Å². The molecular weight excluding hydrogens is 338 g/mol. The molecular formula is C18H23N3O3S. The van der Waals surface area contributed by atoms with Crippen LogP contribution in [-0.2, 0) is 11.3 Å². The van der Waals surface area contributed by atoms with Crippen molar-refractivity contribution in [2.45, 2.75) is 56.7 Å². The smallest absolute Gasteiger partial charge is 0.269 e. The summed E-state index contributed by atoms with van der Waals surface area (Å²) in [5.74, 6) is 0. The van der Waals surface area contributed by atoms with Gasteiger partial charge in [0.15, 0.2) is 5.16 Å². The predicted molar refractivity (Wildman–Crippen MR) is 98.0 cm³/mol. The van der Waals surface area contributed by atoms with Crippen LogP contribution in [0.3, 0.4) is 0 Å². The first-order chi connectivity index (χ1) is 12.0. The zero-order valence-corrected chi connectivity index (χ0v) is 15.6. The van der Waals surface area contributed by atoms with Crippen molar-refractivity contribution in [2.75, 3.05) is 6.61 Å². The van der Waals surface area contributed by atoms with Crippen molar-refractivity contribution in [3.05, 3.63) is 51.3 Å². The first-order valence-electron chi connectivity index (χ1n) is 8.52. The predicted octanol–water partition coefficient (Wildman–Crippen LogP) is 4.44. The Morgan fingerprint density at radius 1 is 1.48 bits per heavy atom. The van der Waals surface area contributed by atoms with Gasteiger partial charge in [0, 0.05) is 29.7 Å². The molecule has 2 atom stereocenters. The first kappa shape index (κ1) is 17.9. The Morgan fingerprint density at radius 2 is 2.28 bits per heavy atom. The second-order valence-electron chi connectivity index (χ2n) is 6.42. The van der Waals surface area contributed by atoms with Crippen LogP contribution in [0.25, 0.3) is 0 Å². The fraction of sp³-hybridized carbons (Fsp3) is 0.500. The average Bonchev–Trinajstić information content (AvgIpc) is 3.19. The van der Waals surface area contributed by atoms with E-state index in [1.54, 1.807) is 23.9 Å². The quantitative estimate of drug-likeness (QED) is 0.432. The molecule has 2 unspecified atom stereocenters. The standard InChI is InChI=1S/C18H23N3O3S/c1-12-13(2)20(11-17-8-5-9-24-17)18(19-12)25-14(3)15-6-4-7-16(10-15)21(22)23/h4,6-7,10,14,17H,5,8-9,11H2,1-3H3. The van der Waals surface area contributed by atoms with E-state index < -0.39 is 0 Å². The average molecular weight is 361 g/mol. The maximum absolute atomic E-state index is 11.0.